The van der Waals surface area contributed by atoms with Crippen molar-refractivity contribution in [1.29, 1.82) is 0 Å². The molecule has 7 heteroatoms. The van der Waals surface area contributed by atoms with Gasteiger partial charge in [0.15, 0.2) is 0 Å². The molecule has 0 fully saturated rings. The molecule has 0 bridgehead atoms. The summed E-state index contributed by atoms with van der Waals surface area (Å²) >= 11 is 0. The van der Waals surface area contributed by atoms with Gasteiger partial charge in [0.1, 0.15) is 0 Å². The third-order valence-corrected chi connectivity index (χ3v) is 2.27. The van der Waals surface area contributed by atoms with E-state index in [0.29, 0.717) is 25.7 Å². The van der Waals surface area contributed by atoms with Gasteiger partial charge in [0.05, 0.1) is 13.2 Å². The van der Waals surface area contributed by atoms with Crippen LogP contribution < -0.4 is 0 Å². The summed E-state index contributed by atoms with van der Waals surface area (Å²) in [6.07, 6.45) is 2.08. The molecule has 0 radical (unpaired) electrons. The van der Waals surface area contributed by atoms with Gasteiger partial charge in [-0.05, 0) is 38.8 Å². The van der Waals surface area contributed by atoms with Crippen molar-refractivity contribution in [3.8, 4) is 0 Å². The van der Waals surface area contributed by atoms with Gasteiger partial charge in [0, 0.05) is 13.2 Å². The minimum absolute atomic E-state index is 0.0218. The maximum absolute atomic E-state index is 11.4. The highest BCUT2D eigenvalue weighted by molar-refractivity contribution is 5.89. The van der Waals surface area contributed by atoms with Gasteiger partial charge in [-0.25, -0.2) is 9.59 Å². The SMILES string of the molecule is C=C(OC(=C)C(=O)OCCCCO)C(=O)OCCCCO. The van der Waals surface area contributed by atoms with Crippen molar-refractivity contribution >= 4 is 11.9 Å². The Bertz CT molecular complexity index is 328. The molecule has 0 aromatic carbocycles. The molecule has 0 unspecified atom stereocenters. The van der Waals surface area contributed by atoms with E-state index < -0.39 is 11.9 Å². The number of rotatable bonds is 12. The predicted octanol–water partition coefficient (Wildman–Crippen LogP) is 0.662. The number of carbonyl (C=O) groups is 2. The lowest BCUT2D eigenvalue weighted by atomic mass is 10.3. The summed E-state index contributed by atoms with van der Waals surface area (Å²) < 4.78 is 14.5. The number of esters is 2. The minimum atomic E-state index is -0.804. The van der Waals surface area contributed by atoms with Crippen LogP contribution in [0.4, 0.5) is 0 Å². The number of aliphatic hydroxyl groups is 2. The van der Waals surface area contributed by atoms with E-state index in [2.05, 4.69) is 13.2 Å². The van der Waals surface area contributed by atoms with Crippen molar-refractivity contribution in [2.45, 2.75) is 25.7 Å². The molecule has 0 spiro atoms. The Morgan fingerprint density at radius 3 is 1.48 bits per heavy atom. The summed E-state index contributed by atoms with van der Waals surface area (Å²) in [7, 11) is 0. The van der Waals surface area contributed by atoms with E-state index in [1.165, 1.54) is 0 Å². The van der Waals surface area contributed by atoms with Gasteiger partial charge in [-0.15, -0.1) is 0 Å². The molecule has 0 aliphatic rings. The van der Waals surface area contributed by atoms with Crippen LogP contribution in [0.5, 0.6) is 0 Å². The van der Waals surface area contributed by atoms with Crippen molar-refractivity contribution in [3.05, 3.63) is 24.7 Å². The highest BCUT2D eigenvalue weighted by Crippen LogP contribution is 2.07. The van der Waals surface area contributed by atoms with Crippen LogP contribution in [0.2, 0.25) is 0 Å². The fourth-order valence-corrected chi connectivity index (χ4v) is 1.15. The molecule has 0 saturated carbocycles. The summed E-state index contributed by atoms with van der Waals surface area (Å²) in [5.74, 6) is -2.34. The van der Waals surface area contributed by atoms with Crippen molar-refractivity contribution in [2.24, 2.45) is 0 Å². The van der Waals surface area contributed by atoms with Crippen LogP contribution in [0.1, 0.15) is 25.7 Å². The summed E-state index contributed by atoms with van der Waals surface area (Å²) in [5, 5.41) is 17.1. The van der Waals surface area contributed by atoms with Crippen molar-refractivity contribution in [2.75, 3.05) is 26.4 Å². The van der Waals surface area contributed by atoms with Gasteiger partial charge in [0.2, 0.25) is 11.5 Å². The molecule has 0 heterocycles. The highest BCUT2D eigenvalue weighted by Gasteiger charge is 2.16. The molecule has 0 rings (SSSR count). The first-order valence-electron chi connectivity index (χ1n) is 6.64. The molecule has 0 saturated heterocycles. The number of hydrogen-bond acceptors (Lipinski definition) is 7. The normalized spacial score (nSPS) is 9.81. The zero-order chi connectivity index (χ0) is 16.1. The molecule has 21 heavy (non-hydrogen) atoms. The largest absolute Gasteiger partial charge is 0.460 e. The number of ether oxygens (including phenoxy) is 3. The van der Waals surface area contributed by atoms with E-state index in [-0.39, 0.29) is 37.9 Å². The van der Waals surface area contributed by atoms with Crippen LogP contribution in [0.3, 0.4) is 0 Å². The second kappa shape index (κ2) is 11.9. The summed E-state index contributed by atoms with van der Waals surface area (Å²) in [6, 6.07) is 0. The standard InChI is InChI=1S/C14H22O7/c1-11(13(17)19-9-5-3-7-15)21-12(2)14(18)20-10-6-4-8-16/h15-16H,1-10H2. The Morgan fingerprint density at radius 2 is 1.14 bits per heavy atom. The molecule has 2 N–H and O–H groups in total. The second-order valence-electron chi connectivity index (χ2n) is 4.08. The van der Waals surface area contributed by atoms with E-state index in [1.54, 1.807) is 0 Å². The molecular weight excluding hydrogens is 280 g/mol. The summed E-state index contributed by atoms with van der Waals surface area (Å²) in [4.78, 5) is 22.9. The number of carbonyl (C=O) groups excluding carboxylic acids is 2. The van der Waals surface area contributed by atoms with Gasteiger partial charge in [0.25, 0.3) is 0 Å². The van der Waals surface area contributed by atoms with Crippen molar-refractivity contribution in [3.63, 3.8) is 0 Å². The quantitative estimate of drug-likeness (QED) is 0.236. The zero-order valence-corrected chi connectivity index (χ0v) is 12.0. The highest BCUT2D eigenvalue weighted by atomic mass is 16.6. The fraction of sp³-hybridized carbons (Fsp3) is 0.571. The third-order valence-electron chi connectivity index (χ3n) is 2.27. The van der Waals surface area contributed by atoms with E-state index in [4.69, 9.17) is 24.4 Å². The molecular formula is C14H22O7. The fourth-order valence-electron chi connectivity index (χ4n) is 1.15. The number of hydrogen-bond donors (Lipinski definition) is 2. The monoisotopic (exact) mass is 302 g/mol. The van der Waals surface area contributed by atoms with Crippen LogP contribution in [0.25, 0.3) is 0 Å². The maximum Gasteiger partial charge on any atom is 0.373 e. The predicted molar refractivity (Wildman–Crippen MR) is 73.9 cm³/mol. The first kappa shape index (κ1) is 19.1. The smallest absolute Gasteiger partial charge is 0.373 e. The van der Waals surface area contributed by atoms with Gasteiger partial charge >= 0.3 is 11.9 Å². The Hall–Kier alpha value is -1.86. The van der Waals surface area contributed by atoms with Crippen LogP contribution in [-0.4, -0.2) is 48.6 Å². The Labute approximate surface area is 123 Å². The maximum atomic E-state index is 11.4. The lowest BCUT2D eigenvalue weighted by Crippen LogP contribution is -2.15. The molecule has 0 aliphatic heterocycles. The lowest BCUT2D eigenvalue weighted by Gasteiger charge is -2.10. The minimum Gasteiger partial charge on any atom is -0.460 e. The lowest BCUT2D eigenvalue weighted by molar-refractivity contribution is -0.145. The second-order valence-corrected chi connectivity index (χ2v) is 4.08. The zero-order valence-electron chi connectivity index (χ0n) is 12.0. The third kappa shape index (κ3) is 9.64. The van der Waals surface area contributed by atoms with Crippen LogP contribution >= 0.6 is 0 Å². The van der Waals surface area contributed by atoms with Crippen LogP contribution in [0, 0.1) is 0 Å². The molecule has 0 amide bonds. The topological polar surface area (TPSA) is 102 Å². The average molecular weight is 302 g/mol. The van der Waals surface area contributed by atoms with Crippen molar-refractivity contribution in [1.82, 2.24) is 0 Å². The Kier molecular flexibility index (Phi) is 10.9. The summed E-state index contributed by atoms with van der Waals surface area (Å²) in [6.45, 7) is 6.97. The van der Waals surface area contributed by atoms with Crippen molar-refractivity contribution < 1.29 is 34.0 Å². The van der Waals surface area contributed by atoms with E-state index in [0.717, 1.165) is 0 Å². The van der Waals surface area contributed by atoms with Gasteiger partial charge in [-0.2, -0.15) is 0 Å². The van der Waals surface area contributed by atoms with Gasteiger partial charge < -0.3 is 24.4 Å². The number of aliphatic hydroxyl groups excluding tert-OH is 2. The van der Waals surface area contributed by atoms with Crippen LogP contribution in [-0.2, 0) is 23.8 Å². The van der Waals surface area contributed by atoms with Gasteiger partial charge in [-0.1, -0.05) is 0 Å². The molecule has 120 valence electrons. The number of unbranched alkanes of at least 4 members (excludes halogenated alkanes) is 2. The van der Waals surface area contributed by atoms with E-state index in [1.807, 2.05) is 0 Å². The average Bonchev–Trinajstić information content (AvgIpc) is 2.47. The molecule has 0 aromatic heterocycles. The first-order chi connectivity index (χ1) is 10.0. The Morgan fingerprint density at radius 1 is 0.762 bits per heavy atom. The Balaban J connectivity index is 3.93. The molecule has 0 aromatic rings. The van der Waals surface area contributed by atoms with E-state index in [9.17, 15) is 9.59 Å². The van der Waals surface area contributed by atoms with Gasteiger partial charge in [-0.3, -0.25) is 0 Å². The van der Waals surface area contributed by atoms with E-state index >= 15 is 0 Å². The summed E-state index contributed by atoms with van der Waals surface area (Å²) in [5.41, 5.74) is 0. The first-order valence-corrected chi connectivity index (χ1v) is 6.64. The molecule has 7 nitrogen and oxygen atoms in total. The molecule has 0 atom stereocenters. The molecule has 0 aliphatic carbocycles. The van der Waals surface area contributed by atoms with Crippen LogP contribution in [0.15, 0.2) is 24.7 Å².